The third-order valence-corrected chi connectivity index (χ3v) is 4.89. The molecule has 0 fully saturated rings. The molecule has 22 heavy (non-hydrogen) atoms. The minimum Gasteiger partial charge on any atom is -0.550 e. The molecule has 3 rings (SSSR count). The molecule has 0 saturated carbocycles. The first-order valence-corrected chi connectivity index (χ1v) is 7.51. The van der Waals surface area contributed by atoms with Gasteiger partial charge in [0.1, 0.15) is 0 Å². The summed E-state index contributed by atoms with van der Waals surface area (Å²) in [6.07, 6.45) is 0.299. The van der Waals surface area contributed by atoms with Crippen molar-refractivity contribution in [3.8, 4) is 0 Å². The Kier molecular flexibility index (Phi) is 6.04. The van der Waals surface area contributed by atoms with Crippen LogP contribution in [0.25, 0.3) is 0 Å². The number of carbonyl (C=O) groups is 2. The molecule has 1 aliphatic rings. The molecule has 2 aromatic carbocycles. The predicted molar refractivity (Wildman–Crippen MR) is 78.5 cm³/mol. The molecule has 0 aliphatic carbocycles. The van der Waals surface area contributed by atoms with Gasteiger partial charge >= 0.3 is 51.4 Å². The van der Waals surface area contributed by atoms with Crippen LogP contribution in [0.5, 0.6) is 0 Å². The summed E-state index contributed by atoms with van der Waals surface area (Å²) >= 11 is 1.55. The standard InChI is InChI=1S/C17H14O3S.K/c1-10(17(19)20)11-6-7-15-12(8-11)9-14(18)13-4-2-3-5-16(13)21-15;/h2-8,10H,9H2,1H3,(H,19,20);/q;+1/p-1/t10-;/m1./s1. The second kappa shape index (κ2) is 7.42. The second-order valence-electron chi connectivity index (χ2n) is 5.11. The number of benzene rings is 2. The predicted octanol–water partition coefficient (Wildman–Crippen LogP) is -0.566. The zero-order chi connectivity index (χ0) is 15.0. The van der Waals surface area contributed by atoms with Crippen LogP contribution in [-0.2, 0) is 11.2 Å². The fraction of sp³-hybridized carbons (Fsp3) is 0.176. The van der Waals surface area contributed by atoms with Crippen LogP contribution in [0.1, 0.15) is 34.3 Å². The number of rotatable bonds is 2. The van der Waals surface area contributed by atoms with Crippen LogP contribution in [-0.4, -0.2) is 11.8 Å². The summed E-state index contributed by atoms with van der Waals surface area (Å²) in [5.41, 5.74) is 2.29. The number of hydrogen-bond acceptors (Lipinski definition) is 4. The summed E-state index contributed by atoms with van der Waals surface area (Å²) in [5, 5.41) is 11.0. The van der Waals surface area contributed by atoms with Gasteiger partial charge in [0, 0.05) is 33.7 Å². The van der Waals surface area contributed by atoms with Gasteiger partial charge in [-0.25, -0.2) is 0 Å². The molecule has 0 radical (unpaired) electrons. The normalized spacial score (nSPS) is 14.1. The molecule has 106 valence electrons. The van der Waals surface area contributed by atoms with Crippen molar-refractivity contribution < 1.29 is 66.1 Å². The smallest absolute Gasteiger partial charge is 0.550 e. The molecule has 0 bridgehead atoms. The number of carbonyl (C=O) groups excluding carboxylic acids is 2. The number of fused-ring (bicyclic) bond motifs is 2. The Morgan fingerprint density at radius 2 is 1.91 bits per heavy atom. The Balaban J connectivity index is 0.00000176. The third-order valence-electron chi connectivity index (χ3n) is 3.70. The Morgan fingerprint density at radius 3 is 2.64 bits per heavy atom. The number of Topliss-reactive ketones (excluding diaryl/α,β-unsaturated/α-hetero) is 1. The van der Waals surface area contributed by atoms with Crippen molar-refractivity contribution in [1.29, 1.82) is 0 Å². The van der Waals surface area contributed by atoms with Crippen LogP contribution in [0, 0.1) is 0 Å². The molecular formula is C17H13KO3S. The van der Waals surface area contributed by atoms with Gasteiger partial charge in [0.2, 0.25) is 0 Å². The van der Waals surface area contributed by atoms with Crippen molar-refractivity contribution in [2.45, 2.75) is 29.1 Å². The average Bonchev–Trinajstić information content (AvgIpc) is 2.61. The minimum absolute atomic E-state index is 0. The van der Waals surface area contributed by atoms with Crippen molar-refractivity contribution in [2.75, 3.05) is 0 Å². The van der Waals surface area contributed by atoms with Crippen LogP contribution in [0.3, 0.4) is 0 Å². The van der Waals surface area contributed by atoms with E-state index in [-0.39, 0.29) is 57.2 Å². The van der Waals surface area contributed by atoms with Crippen molar-refractivity contribution >= 4 is 23.5 Å². The van der Waals surface area contributed by atoms with Gasteiger partial charge in [-0.15, -0.1) is 0 Å². The average molecular weight is 336 g/mol. The topological polar surface area (TPSA) is 57.2 Å². The van der Waals surface area contributed by atoms with Gasteiger partial charge in [0.05, 0.1) is 0 Å². The Labute approximate surface area is 175 Å². The van der Waals surface area contributed by atoms with E-state index in [1.54, 1.807) is 24.8 Å². The summed E-state index contributed by atoms with van der Waals surface area (Å²) in [7, 11) is 0. The SMILES string of the molecule is C[C@@H](C(=O)[O-])c1ccc2c(c1)CC(=O)c1ccccc1S2.[K+]. The summed E-state index contributed by atoms with van der Waals surface area (Å²) in [4.78, 5) is 25.3. The van der Waals surface area contributed by atoms with Gasteiger partial charge in [-0.1, -0.05) is 49.0 Å². The number of carboxylic acid groups (broad SMARTS) is 1. The number of aliphatic carboxylic acids is 1. The van der Waals surface area contributed by atoms with E-state index in [9.17, 15) is 14.7 Å². The Morgan fingerprint density at radius 1 is 1.18 bits per heavy atom. The zero-order valence-corrected chi connectivity index (χ0v) is 16.4. The summed E-state index contributed by atoms with van der Waals surface area (Å²) < 4.78 is 0. The summed E-state index contributed by atoms with van der Waals surface area (Å²) in [6.45, 7) is 1.59. The Bertz CT molecular complexity index is 742. The first-order valence-electron chi connectivity index (χ1n) is 6.70. The molecule has 1 atom stereocenters. The van der Waals surface area contributed by atoms with Crippen LogP contribution in [0.15, 0.2) is 52.3 Å². The second-order valence-corrected chi connectivity index (χ2v) is 6.19. The van der Waals surface area contributed by atoms with E-state index in [0.29, 0.717) is 12.0 Å². The molecule has 5 heteroatoms. The first kappa shape index (κ1) is 17.9. The van der Waals surface area contributed by atoms with E-state index in [1.165, 1.54) is 0 Å². The Hall–Kier alpha value is -0.434. The molecule has 3 nitrogen and oxygen atoms in total. The van der Waals surface area contributed by atoms with Crippen LogP contribution in [0.2, 0.25) is 0 Å². The molecule has 0 unspecified atom stereocenters. The van der Waals surface area contributed by atoms with Crippen molar-refractivity contribution in [3.05, 3.63) is 59.2 Å². The number of carboxylic acids is 1. The molecule has 0 N–H and O–H groups in total. The third kappa shape index (κ3) is 3.55. The molecule has 0 spiro atoms. The fourth-order valence-corrected chi connectivity index (χ4v) is 3.49. The van der Waals surface area contributed by atoms with E-state index in [1.807, 2.05) is 36.4 Å². The molecule has 1 aliphatic heterocycles. The quantitative estimate of drug-likeness (QED) is 0.690. The largest absolute Gasteiger partial charge is 1.00 e. The van der Waals surface area contributed by atoms with Crippen molar-refractivity contribution in [3.63, 3.8) is 0 Å². The van der Waals surface area contributed by atoms with Crippen LogP contribution in [0.4, 0.5) is 0 Å². The van der Waals surface area contributed by atoms with Gasteiger partial charge < -0.3 is 9.90 Å². The molecule has 0 amide bonds. The van der Waals surface area contributed by atoms with Gasteiger partial charge in [-0.3, -0.25) is 4.79 Å². The van der Waals surface area contributed by atoms with Crippen molar-refractivity contribution in [2.24, 2.45) is 0 Å². The first-order chi connectivity index (χ1) is 10.1. The molecular weight excluding hydrogens is 323 g/mol. The molecule has 0 saturated heterocycles. The minimum atomic E-state index is -1.11. The molecule has 2 aromatic rings. The maximum absolute atomic E-state index is 12.3. The van der Waals surface area contributed by atoms with E-state index < -0.39 is 11.9 Å². The van der Waals surface area contributed by atoms with Gasteiger partial charge in [0.25, 0.3) is 0 Å². The van der Waals surface area contributed by atoms with E-state index >= 15 is 0 Å². The molecule has 1 heterocycles. The maximum Gasteiger partial charge on any atom is 1.00 e. The monoisotopic (exact) mass is 336 g/mol. The van der Waals surface area contributed by atoms with Gasteiger partial charge in [0.15, 0.2) is 5.78 Å². The molecule has 0 aromatic heterocycles. The van der Waals surface area contributed by atoms with Gasteiger partial charge in [-0.05, 0) is 23.3 Å². The number of ketones is 1. The van der Waals surface area contributed by atoms with E-state index in [2.05, 4.69) is 0 Å². The maximum atomic E-state index is 12.3. The van der Waals surface area contributed by atoms with Crippen LogP contribution >= 0.6 is 11.8 Å². The van der Waals surface area contributed by atoms with Crippen LogP contribution < -0.4 is 56.5 Å². The fourth-order valence-electron chi connectivity index (χ4n) is 2.42. The summed E-state index contributed by atoms with van der Waals surface area (Å²) in [5.74, 6) is -1.72. The van der Waals surface area contributed by atoms with E-state index in [4.69, 9.17) is 0 Å². The van der Waals surface area contributed by atoms with Gasteiger partial charge in [-0.2, -0.15) is 0 Å². The van der Waals surface area contributed by atoms with E-state index in [0.717, 1.165) is 20.9 Å². The van der Waals surface area contributed by atoms with Crippen molar-refractivity contribution in [1.82, 2.24) is 0 Å². The summed E-state index contributed by atoms with van der Waals surface area (Å²) in [6, 6.07) is 13.0. The number of hydrogen-bond donors (Lipinski definition) is 0. The zero-order valence-electron chi connectivity index (χ0n) is 12.5.